The molecule has 104 valence electrons. The summed E-state index contributed by atoms with van der Waals surface area (Å²) in [6, 6.07) is 7.74. The van der Waals surface area contributed by atoms with Crippen LogP contribution >= 0.6 is 0 Å². The summed E-state index contributed by atoms with van der Waals surface area (Å²) in [6.07, 6.45) is 0. The van der Waals surface area contributed by atoms with Crippen molar-refractivity contribution in [3.63, 3.8) is 0 Å². The summed E-state index contributed by atoms with van der Waals surface area (Å²) in [5.74, 6) is 3.32. The van der Waals surface area contributed by atoms with Gasteiger partial charge in [0.1, 0.15) is 11.6 Å². The van der Waals surface area contributed by atoms with Crippen molar-refractivity contribution < 1.29 is 13.6 Å². The van der Waals surface area contributed by atoms with Crippen molar-refractivity contribution >= 4 is 17.3 Å². The molecule has 0 atom stereocenters. The fourth-order valence-electron chi connectivity index (χ4n) is 1.83. The second-order valence-electron chi connectivity index (χ2n) is 4.29. The molecule has 0 aliphatic heterocycles. The first-order chi connectivity index (χ1) is 9.49. The van der Waals surface area contributed by atoms with E-state index in [1.807, 2.05) is 0 Å². The molecule has 0 radical (unpaired) electrons. The van der Waals surface area contributed by atoms with Crippen LogP contribution < -0.4 is 16.6 Å². The Kier molecular flexibility index (Phi) is 3.95. The lowest BCUT2D eigenvalue weighted by Crippen LogP contribution is -2.14. The lowest BCUT2D eigenvalue weighted by molar-refractivity contribution is 0.102. The third kappa shape index (κ3) is 3.10. The van der Waals surface area contributed by atoms with Crippen molar-refractivity contribution in [2.45, 2.75) is 6.92 Å². The Balaban J connectivity index is 2.23. The Morgan fingerprint density at radius 3 is 2.25 bits per heavy atom. The maximum Gasteiger partial charge on any atom is 0.255 e. The van der Waals surface area contributed by atoms with Crippen LogP contribution in [0.25, 0.3) is 0 Å². The molecule has 2 rings (SSSR count). The van der Waals surface area contributed by atoms with Crippen molar-refractivity contribution in [1.29, 1.82) is 0 Å². The monoisotopic (exact) mass is 277 g/mol. The van der Waals surface area contributed by atoms with Gasteiger partial charge in [0.05, 0.1) is 0 Å². The molecule has 4 nitrogen and oxygen atoms in total. The molecule has 6 heteroatoms. The van der Waals surface area contributed by atoms with Gasteiger partial charge in [0.15, 0.2) is 0 Å². The highest BCUT2D eigenvalue weighted by molar-refractivity contribution is 6.05. The minimum Gasteiger partial charge on any atom is -0.324 e. The van der Waals surface area contributed by atoms with Gasteiger partial charge in [-0.05, 0) is 42.8 Å². The Morgan fingerprint density at radius 1 is 1.05 bits per heavy atom. The SMILES string of the molecule is Cc1cc(NN)ccc1C(=O)Nc1cc(F)cc(F)c1. The number of amides is 1. The molecule has 2 aromatic rings. The molecule has 0 aromatic heterocycles. The van der Waals surface area contributed by atoms with E-state index >= 15 is 0 Å². The second-order valence-corrected chi connectivity index (χ2v) is 4.29. The van der Waals surface area contributed by atoms with Gasteiger partial charge in [-0.3, -0.25) is 10.6 Å². The van der Waals surface area contributed by atoms with Gasteiger partial charge >= 0.3 is 0 Å². The number of hydrogen-bond acceptors (Lipinski definition) is 3. The molecule has 0 saturated carbocycles. The molecule has 0 heterocycles. The zero-order valence-electron chi connectivity index (χ0n) is 10.7. The molecule has 20 heavy (non-hydrogen) atoms. The zero-order valence-corrected chi connectivity index (χ0v) is 10.7. The highest BCUT2D eigenvalue weighted by atomic mass is 19.1. The average Bonchev–Trinajstić information content (AvgIpc) is 2.36. The Hall–Kier alpha value is -2.47. The van der Waals surface area contributed by atoms with Gasteiger partial charge in [-0.15, -0.1) is 0 Å². The van der Waals surface area contributed by atoms with Crippen LogP contribution in [0.3, 0.4) is 0 Å². The van der Waals surface area contributed by atoms with E-state index in [0.29, 0.717) is 16.8 Å². The Bertz CT molecular complexity index is 639. The summed E-state index contributed by atoms with van der Waals surface area (Å²) >= 11 is 0. The maximum atomic E-state index is 13.0. The highest BCUT2D eigenvalue weighted by Gasteiger charge is 2.11. The average molecular weight is 277 g/mol. The summed E-state index contributed by atoms with van der Waals surface area (Å²) in [4.78, 5) is 12.0. The van der Waals surface area contributed by atoms with E-state index in [0.717, 1.165) is 18.2 Å². The number of nitrogens with one attached hydrogen (secondary N) is 2. The van der Waals surface area contributed by atoms with E-state index < -0.39 is 17.5 Å². The quantitative estimate of drug-likeness (QED) is 0.597. The van der Waals surface area contributed by atoms with Crippen LogP contribution in [0.4, 0.5) is 20.2 Å². The summed E-state index contributed by atoms with van der Waals surface area (Å²) < 4.78 is 26.1. The van der Waals surface area contributed by atoms with Gasteiger partial charge in [0, 0.05) is 23.0 Å². The normalized spacial score (nSPS) is 10.2. The topological polar surface area (TPSA) is 67.1 Å². The number of halogens is 2. The minimum absolute atomic E-state index is 0.0629. The van der Waals surface area contributed by atoms with Gasteiger partial charge in [-0.2, -0.15) is 0 Å². The van der Waals surface area contributed by atoms with Crippen LogP contribution in [-0.2, 0) is 0 Å². The predicted octanol–water partition coefficient (Wildman–Crippen LogP) is 2.81. The van der Waals surface area contributed by atoms with E-state index in [4.69, 9.17) is 5.84 Å². The number of aryl methyl sites for hydroxylation is 1. The Morgan fingerprint density at radius 2 is 1.70 bits per heavy atom. The summed E-state index contributed by atoms with van der Waals surface area (Å²) in [6.45, 7) is 1.74. The number of carbonyl (C=O) groups excluding carboxylic acids is 1. The van der Waals surface area contributed by atoms with Gasteiger partial charge in [0.2, 0.25) is 0 Å². The van der Waals surface area contributed by atoms with E-state index in [9.17, 15) is 13.6 Å². The maximum absolute atomic E-state index is 13.0. The van der Waals surface area contributed by atoms with Crippen LogP contribution in [-0.4, -0.2) is 5.91 Å². The van der Waals surface area contributed by atoms with Crippen LogP contribution in [0.2, 0.25) is 0 Å². The first-order valence-electron chi connectivity index (χ1n) is 5.84. The lowest BCUT2D eigenvalue weighted by Gasteiger charge is -2.09. The minimum atomic E-state index is -0.750. The number of nitrogen functional groups attached to an aromatic ring is 1. The molecule has 4 N–H and O–H groups in total. The van der Waals surface area contributed by atoms with E-state index in [-0.39, 0.29) is 5.69 Å². The smallest absolute Gasteiger partial charge is 0.255 e. The summed E-state index contributed by atoms with van der Waals surface area (Å²) in [5, 5.41) is 2.45. The van der Waals surface area contributed by atoms with Crippen molar-refractivity contribution in [3.8, 4) is 0 Å². The van der Waals surface area contributed by atoms with Crippen molar-refractivity contribution in [2.75, 3.05) is 10.7 Å². The number of anilines is 2. The summed E-state index contributed by atoms with van der Waals surface area (Å²) in [7, 11) is 0. The Labute approximate surface area is 114 Å². The molecule has 0 bridgehead atoms. The van der Waals surface area contributed by atoms with Crippen molar-refractivity contribution in [1.82, 2.24) is 0 Å². The number of carbonyl (C=O) groups is 1. The lowest BCUT2D eigenvalue weighted by atomic mass is 10.1. The van der Waals surface area contributed by atoms with Crippen LogP contribution in [0, 0.1) is 18.6 Å². The third-order valence-corrected chi connectivity index (χ3v) is 2.76. The number of nitrogens with two attached hydrogens (primary N) is 1. The molecule has 1 amide bonds. The van der Waals surface area contributed by atoms with E-state index in [1.165, 1.54) is 0 Å². The van der Waals surface area contributed by atoms with Gasteiger partial charge in [-0.25, -0.2) is 8.78 Å². The first-order valence-corrected chi connectivity index (χ1v) is 5.84. The molecule has 0 fully saturated rings. The number of rotatable bonds is 3. The van der Waals surface area contributed by atoms with Gasteiger partial charge < -0.3 is 10.7 Å². The number of hydrazine groups is 1. The van der Waals surface area contributed by atoms with Crippen molar-refractivity contribution in [2.24, 2.45) is 5.84 Å². The molecule has 0 aliphatic rings. The molecule has 0 aliphatic carbocycles. The van der Waals surface area contributed by atoms with Crippen molar-refractivity contribution in [3.05, 3.63) is 59.2 Å². The molecule has 0 spiro atoms. The molecular formula is C14H13F2N3O. The number of benzene rings is 2. The van der Waals surface area contributed by atoms with E-state index in [1.54, 1.807) is 25.1 Å². The second kappa shape index (κ2) is 5.66. The van der Waals surface area contributed by atoms with Crippen LogP contribution in [0.5, 0.6) is 0 Å². The standard InChI is InChI=1S/C14H13F2N3O/c1-8-4-11(19-17)2-3-13(8)14(20)18-12-6-9(15)5-10(16)7-12/h2-7,19H,17H2,1H3,(H,18,20). The molecular weight excluding hydrogens is 264 g/mol. The third-order valence-electron chi connectivity index (χ3n) is 2.76. The van der Waals surface area contributed by atoms with Gasteiger partial charge in [-0.1, -0.05) is 0 Å². The first kappa shape index (κ1) is 14.0. The predicted molar refractivity (Wildman–Crippen MR) is 73.3 cm³/mol. The molecule has 0 unspecified atom stereocenters. The van der Waals surface area contributed by atoms with Gasteiger partial charge in [0.25, 0.3) is 5.91 Å². The van der Waals surface area contributed by atoms with E-state index in [2.05, 4.69) is 10.7 Å². The van der Waals surface area contributed by atoms with Crippen LogP contribution in [0.15, 0.2) is 36.4 Å². The number of hydrogen-bond donors (Lipinski definition) is 3. The van der Waals surface area contributed by atoms with Crippen LogP contribution in [0.1, 0.15) is 15.9 Å². The fourth-order valence-corrected chi connectivity index (χ4v) is 1.83. The summed E-state index contributed by atoms with van der Waals surface area (Å²) in [5.41, 5.74) is 4.28. The fraction of sp³-hybridized carbons (Fsp3) is 0.0714. The largest absolute Gasteiger partial charge is 0.324 e. The highest BCUT2D eigenvalue weighted by Crippen LogP contribution is 2.18. The molecule has 2 aromatic carbocycles. The molecule has 0 saturated heterocycles. The zero-order chi connectivity index (χ0) is 14.7.